The standard InChI is InChI=1S/C51H31N3O/c1-3-15-32(16-4-1)34-20-13-21-35(29-34)38-27-14-28-43-44-31-46(41-25-11-12-26-42(41)48(44)55-47(38)43)51-53-49(33-17-5-2-6-18-33)52-50(54-51)45-30-36-19-7-8-22-37(36)39-23-9-10-24-40(39)45/h1-31H. The lowest BCUT2D eigenvalue weighted by Crippen LogP contribution is -2.01. The van der Waals surface area contributed by atoms with Gasteiger partial charge in [-0.1, -0.05) is 170 Å². The van der Waals surface area contributed by atoms with E-state index in [0.29, 0.717) is 17.5 Å². The van der Waals surface area contributed by atoms with Crippen LogP contribution in [0.15, 0.2) is 192 Å². The lowest BCUT2D eigenvalue weighted by atomic mass is 9.96. The molecule has 2 aromatic heterocycles. The molecule has 0 amide bonds. The van der Waals surface area contributed by atoms with Crippen molar-refractivity contribution < 1.29 is 4.42 Å². The second-order valence-corrected chi connectivity index (χ2v) is 13.9. The van der Waals surface area contributed by atoms with Crippen LogP contribution in [0.3, 0.4) is 0 Å². The molecule has 55 heavy (non-hydrogen) atoms. The number of rotatable bonds is 5. The summed E-state index contributed by atoms with van der Waals surface area (Å²) in [6.07, 6.45) is 0. The fourth-order valence-electron chi connectivity index (χ4n) is 8.10. The summed E-state index contributed by atoms with van der Waals surface area (Å²) in [7, 11) is 0. The second kappa shape index (κ2) is 12.6. The Kier molecular flexibility index (Phi) is 7.14. The van der Waals surface area contributed by atoms with Gasteiger partial charge < -0.3 is 4.42 Å². The molecule has 0 radical (unpaired) electrons. The van der Waals surface area contributed by atoms with E-state index in [1.807, 2.05) is 24.3 Å². The molecule has 0 N–H and O–H groups in total. The van der Waals surface area contributed by atoms with E-state index in [1.165, 1.54) is 16.3 Å². The molecule has 0 aliphatic heterocycles. The molecule has 11 aromatic rings. The first-order valence-corrected chi connectivity index (χ1v) is 18.5. The van der Waals surface area contributed by atoms with Crippen molar-refractivity contribution in [2.24, 2.45) is 0 Å². The molecular weight excluding hydrogens is 671 g/mol. The first-order valence-electron chi connectivity index (χ1n) is 18.5. The van der Waals surface area contributed by atoms with Gasteiger partial charge in [-0.05, 0) is 61.8 Å². The van der Waals surface area contributed by atoms with Crippen molar-refractivity contribution in [2.45, 2.75) is 0 Å². The van der Waals surface area contributed by atoms with Crippen LogP contribution in [0.2, 0.25) is 0 Å². The van der Waals surface area contributed by atoms with Crippen molar-refractivity contribution in [2.75, 3.05) is 0 Å². The third-order valence-corrected chi connectivity index (χ3v) is 10.7. The molecule has 4 heteroatoms. The first kappa shape index (κ1) is 31.1. The molecule has 0 atom stereocenters. The second-order valence-electron chi connectivity index (χ2n) is 13.9. The molecule has 4 nitrogen and oxygen atoms in total. The van der Waals surface area contributed by atoms with Gasteiger partial charge in [-0.3, -0.25) is 0 Å². The van der Waals surface area contributed by atoms with Crippen molar-refractivity contribution in [1.82, 2.24) is 15.0 Å². The van der Waals surface area contributed by atoms with Crippen LogP contribution in [-0.2, 0) is 0 Å². The molecule has 0 unspecified atom stereocenters. The number of aromatic nitrogens is 3. The Hall–Kier alpha value is -7.43. The van der Waals surface area contributed by atoms with E-state index < -0.39 is 0 Å². The van der Waals surface area contributed by atoms with Gasteiger partial charge in [-0.2, -0.15) is 0 Å². The van der Waals surface area contributed by atoms with Gasteiger partial charge in [0, 0.05) is 38.4 Å². The summed E-state index contributed by atoms with van der Waals surface area (Å²) in [6.45, 7) is 0. The molecule has 0 aliphatic rings. The van der Waals surface area contributed by atoms with Gasteiger partial charge in [0.15, 0.2) is 17.5 Å². The third-order valence-electron chi connectivity index (χ3n) is 10.7. The predicted octanol–water partition coefficient (Wildman–Crippen LogP) is 13.6. The minimum absolute atomic E-state index is 0.611. The Labute approximate surface area is 317 Å². The van der Waals surface area contributed by atoms with E-state index in [-0.39, 0.29) is 0 Å². The summed E-state index contributed by atoms with van der Waals surface area (Å²) in [5, 5.41) is 8.70. The van der Waals surface area contributed by atoms with Crippen molar-refractivity contribution >= 4 is 54.3 Å². The molecule has 0 aliphatic carbocycles. The zero-order valence-electron chi connectivity index (χ0n) is 29.6. The van der Waals surface area contributed by atoms with Crippen LogP contribution in [0, 0.1) is 0 Å². The largest absolute Gasteiger partial charge is 0.455 e. The molecule has 0 saturated carbocycles. The Bertz CT molecular complexity index is 3260. The number of hydrogen-bond acceptors (Lipinski definition) is 4. The summed E-state index contributed by atoms with van der Waals surface area (Å²) in [4.78, 5) is 15.7. The maximum atomic E-state index is 6.91. The number of hydrogen-bond donors (Lipinski definition) is 0. The Morgan fingerprint density at radius 3 is 1.55 bits per heavy atom. The average Bonchev–Trinajstić information content (AvgIpc) is 3.65. The van der Waals surface area contributed by atoms with Crippen LogP contribution in [-0.4, -0.2) is 15.0 Å². The summed E-state index contributed by atoms with van der Waals surface area (Å²) in [5.74, 6) is 1.87. The smallest absolute Gasteiger partial charge is 0.164 e. The number of para-hydroxylation sites is 1. The Morgan fingerprint density at radius 2 is 0.782 bits per heavy atom. The van der Waals surface area contributed by atoms with Crippen molar-refractivity contribution in [3.05, 3.63) is 188 Å². The quantitative estimate of drug-likeness (QED) is 0.168. The van der Waals surface area contributed by atoms with Gasteiger partial charge >= 0.3 is 0 Å². The van der Waals surface area contributed by atoms with Gasteiger partial charge in [0.25, 0.3) is 0 Å². The zero-order chi connectivity index (χ0) is 36.3. The van der Waals surface area contributed by atoms with Crippen LogP contribution in [0.5, 0.6) is 0 Å². The maximum absolute atomic E-state index is 6.91. The fraction of sp³-hybridized carbons (Fsp3) is 0. The van der Waals surface area contributed by atoms with Crippen LogP contribution in [0.4, 0.5) is 0 Å². The minimum Gasteiger partial charge on any atom is -0.455 e. The summed E-state index contributed by atoms with van der Waals surface area (Å²) >= 11 is 0. The molecule has 0 bridgehead atoms. The number of furan rings is 1. The van der Waals surface area contributed by atoms with Crippen LogP contribution < -0.4 is 0 Å². The van der Waals surface area contributed by atoms with E-state index in [9.17, 15) is 0 Å². The van der Waals surface area contributed by atoms with E-state index in [2.05, 4.69) is 164 Å². The van der Waals surface area contributed by atoms with E-state index in [1.54, 1.807) is 0 Å². The summed E-state index contributed by atoms with van der Waals surface area (Å²) in [5.41, 5.74) is 9.02. The average molecular weight is 702 g/mol. The number of fused-ring (bicyclic) bond motifs is 8. The van der Waals surface area contributed by atoms with Crippen molar-refractivity contribution in [1.29, 1.82) is 0 Å². The van der Waals surface area contributed by atoms with Crippen molar-refractivity contribution in [3.8, 4) is 56.4 Å². The minimum atomic E-state index is 0.611. The molecule has 0 saturated heterocycles. The highest BCUT2D eigenvalue weighted by Gasteiger charge is 2.21. The Balaban J connectivity index is 1.17. The lowest BCUT2D eigenvalue weighted by molar-refractivity contribution is 0.674. The van der Waals surface area contributed by atoms with Gasteiger partial charge in [-0.15, -0.1) is 0 Å². The van der Waals surface area contributed by atoms with Crippen LogP contribution in [0.1, 0.15) is 0 Å². The molecule has 0 fully saturated rings. The molecule has 0 spiro atoms. The first-order chi connectivity index (χ1) is 27.3. The van der Waals surface area contributed by atoms with E-state index >= 15 is 0 Å². The SMILES string of the molecule is c1ccc(-c2cccc(-c3cccc4c3oc3c5ccccc5c(-c5nc(-c6ccccc6)nc(-c6cc7ccccc7c7ccccc67)n5)cc43)c2)cc1. The number of benzene rings is 9. The monoisotopic (exact) mass is 701 g/mol. The topological polar surface area (TPSA) is 51.8 Å². The molecule has 9 aromatic carbocycles. The van der Waals surface area contributed by atoms with Gasteiger partial charge in [-0.25, -0.2) is 15.0 Å². The number of nitrogens with zero attached hydrogens (tertiary/aromatic N) is 3. The van der Waals surface area contributed by atoms with Crippen LogP contribution >= 0.6 is 0 Å². The van der Waals surface area contributed by atoms with Gasteiger partial charge in [0.2, 0.25) is 0 Å². The summed E-state index contributed by atoms with van der Waals surface area (Å²) < 4.78 is 6.91. The van der Waals surface area contributed by atoms with Gasteiger partial charge in [0.05, 0.1) is 0 Å². The normalized spacial score (nSPS) is 11.6. The molecule has 256 valence electrons. The lowest BCUT2D eigenvalue weighted by Gasteiger charge is -2.13. The maximum Gasteiger partial charge on any atom is 0.164 e. The molecule has 2 heterocycles. The third kappa shape index (κ3) is 5.19. The van der Waals surface area contributed by atoms with E-state index in [4.69, 9.17) is 19.4 Å². The highest BCUT2D eigenvalue weighted by Crippen LogP contribution is 2.43. The zero-order valence-corrected chi connectivity index (χ0v) is 29.6. The molecular formula is C51H31N3O. The highest BCUT2D eigenvalue weighted by atomic mass is 16.3. The van der Waals surface area contributed by atoms with Crippen LogP contribution in [0.25, 0.3) is 111 Å². The predicted molar refractivity (Wildman–Crippen MR) is 227 cm³/mol. The molecule has 11 rings (SSSR count). The summed E-state index contributed by atoms with van der Waals surface area (Å²) in [6, 6.07) is 65.6. The highest BCUT2D eigenvalue weighted by molar-refractivity contribution is 6.20. The fourth-order valence-corrected chi connectivity index (χ4v) is 8.10. The van der Waals surface area contributed by atoms with Gasteiger partial charge in [0.1, 0.15) is 11.2 Å². The van der Waals surface area contributed by atoms with E-state index in [0.717, 1.165) is 76.9 Å². The Morgan fingerprint density at radius 1 is 0.273 bits per heavy atom. The van der Waals surface area contributed by atoms with Crippen molar-refractivity contribution in [3.63, 3.8) is 0 Å².